The monoisotopic (exact) mass is 443 g/mol. The molecule has 0 fully saturated rings. The van der Waals surface area contributed by atoms with E-state index < -0.39 is 0 Å². The van der Waals surface area contributed by atoms with Crippen LogP contribution in [0.3, 0.4) is 0 Å². The van der Waals surface area contributed by atoms with Crippen LogP contribution in [0.15, 0.2) is 55.1 Å². The van der Waals surface area contributed by atoms with Gasteiger partial charge in [0.2, 0.25) is 5.82 Å². The number of aliphatic hydroxyl groups is 1. The minimum Gasteiger partial charge on any atom is -0.394 e. The summed E-state index contributed by atoms with van der Waals surface area (Å²) < 4.78 is 3.33. The third-order valence-corrected chi connectivity index (χ3v) is 5.31. The predicted octanol–water partition coefficient (Wildman–Crippen LogP) is 1.94. The zero-order valence-corrected chi connectivity index (χ0v) is 18.0. The standard InChI is InChI=1S/C22H21N9O2/c1-14-3-4-16(21-26-28-29(2)27-21)9-19(14)25-22(33)18-12-24-31-6-5-15(10-20(18)31)17-11-23-30(13-17)7-8-32/h3-6,9-13,32H,7-8H2,1-2H3,(H,25,33). The lowest BCUT2D eigenvalue weighted by Crippen LogP contribution is -2.12. The zero-order chi connectivity index (χ0) is 22.9. The fourth-order valence-corrected chi connectivity index (χ4v) is 3.56. The molecule has 0 spiro atoms. The van der Waals surface area contributed by atoms with Crippen molar-refractivity contribution in [3.8, 4) is 22.5 Å². The highest BCUT2D eigenvalue weighted by atomic mass is 16.3. The first-order valence-corrected chi connectivity index (χ1v) is 10.3. The number of nitrogens with zero attached hydrogens (tertiary/aromatic N) is 8. The Morgan fingerprint density at radius 1 is 1.09 bits per heavy atom. The topological polar surface area (TPSA) is 128 Å². The van der Waals surface area contributed by atoms with E-state index in [1.807, 2.05) is 43.5 Å². The van der Waals surface area contributed by atoms with Gasteiger partial charge in [0.1, 0.15) is 0 Å². The van der Waals surface area contributed by atoms with E-state index in [2.05, 4.69) is 30.9 Å². The van der Waals surface area contributed by atoms with E-state index >= 15 is 0 Å². The maximum Gasteiger partial charge on any atom is 0.259 e. The van der Waals surface area contributed by atoms with Crippen LogP contribution in [0, 0.1) is 6.92 Å². The van der Waals surface area contributed by atoms with E-state index in [1.165, 1.54) is 4.80 Å². The molecule has 5 rings (SSSR count). The Bertz CT molecular complexity index is 1460. The predicted molar refractivity (Wildman–Crippen MR) is 120 cm³/mol. The van der Waals surface area contributed by atoms with E-state index in [0.29, 0.717) is 29.1 Å². The summed E-state index contributed by atoms with van der Waals surface area (Å²) in [4.78, 5) is 14.6. The number of carbonyl (C=O) groups excluding carboxylic acids is 1. The molecule has 5 aromatic rings. The molecule has 0 saturated carbocycles. The van der Waals surface area contributed by atoms with Crippen LogP contribution in [0.2, 0.25) is 0 Å². The third-order valence-electron chi connectivity index (χ3n) is 5.31. The van der Waals surface area contributed by atoms with Gasteiger partial charge in [-0.05, 0) is 41.5 Å². The van der Waals surface area contributed by atoms with Gasteiger partial charge in [-0.2, -0.15) is 15.0 Å². The number of aryl methyl sites for hydroxylation is 2. The van der Waals surface area contributed by atoms with Crippen LogP contribution < -0.4 is 5.32 Å². The summed E-state index contributed by atoms with van der Waals surface area (Å²) in [6.07, 6.45) is 6.93. The van der Waals surface area contributed by atoms with Gasteiger partial charge in [-0.15, -0.1) is 10.2 Å². The molecule has 0 unspecified atom stereocenters. The normalized spacial score (nSPS) is 11.2. The Morgan fingerprint density at radius 2 is 1.97 bits per heavy atom. The number of tetrazole rings is 1. The summed E-state index contributed by atoms with van der Waals surface area (Å²) in [6.45, 7) is 2.35. The second-order valence-electron chi connectivity index (χ2n) is 7.61. The maximum absolute atomic E-state index is 13.2. The average Bonchev–Trinajstić information content (AvgIpc) is 3.54. The molecular weight excluding hydrogens is 422 g/mol. The molecule has 0 radical (unpaired) electrons. The van der Waals surface area contributed by atoms with Crippen LogP contribution in [0.1, 0.15) is 15.9 Å². The van der Waals surface area contributed by atoms with Crippen molar-refractivity contribution >= 4 is 17.1 Å². The maximum atomic E-state index is 13.2. The lowest BCUT2D eigenvalue weighted by Gasteiger charge is -2.09. The number of anilines is 1. The summed E-state index contributed by atoms with van der Waals surface area (Å²) >= 11 is 0. The van der Waals surface area contributed by atoms with Crippen molar-refractivity contribution in [1.29, 1.82) is 0 Å². The first kappa shape index (κ1) is 20.5. The number of rotatable bonds is 6. The van der Waals surface area contributed by atoms with E-state index in [9.17, 15) is 4.79 Å². The van der Waals surface area contributed by atoms with Gasteiger partial charge in [0.25, 0.3) is 5.91 Å². The van der Waals surface area contributed by atoms with Crippen LogP contribution in [0.4, 0.5) is 5.69 Å². The molecule has 0 saturated heterocycles. The molecule has 166 valence electrons. The van der Waals surface area contributed by atoms with Gasteiger partial charge in [-0.25, -0.2) is 4.52 Å². The number of benzene rings is 1. The van der Waals surface area contributed by atoms with Gasteiger partial charge in [-0.1, -0.05) is 12.1 Å². The molecule has 33 heavy (non-hydrogen) atoms. The summed E-state index contributed by atoms with van der Waals surface area (Å²) in [6, 6.07) is 9.43. The Morgan fingerprint density at radius 3 is 2.76 bits per heavy atom. The van der Waals surface area contributed by atoms with Crippen molar-refractivity contribution in [2.45, 2.75) is 13.5 Å². The highest BCUT2D eigenvalue weighted by Crippen LogP contribution is 2.25. The molecular formula is C22H21N9O2. The van der Waals surface area contributed by atoms with Crippen LogP contribution >= 0.6 is 0 Å². The van der Waals surface area contributed by atoms with Crippen molar-refractivity contribution in [1.82, 2.24) is 39.6 Å². The summed E-state index contributed by atoms with van der Waals surface area (Å²) in [7, 11) is 1.70. The molecule has 0 aliphatic rings. The Labute approximate surface area is 188 Å². The SMILES string of the molecule is Cc1ccc(-c2nnn(C)n2)cc1NC(=O)c1cnn2ccc(-c3cnn(CCO)c3)cc12. The van der Waals surface area contributed by atoms with E-state index in [4.69, 9.17) is 5.11 Å². The van der Waals surface area contributed by atoms with Crippen LogP contribution in [-0.2, 0) is 13.6 Å². The Kier molecular flexibility index (Phi) is 5.15. The number of pyridine rings is 1. The van der Waals surface area contributed by atoms with Crippen molar-refractivity contribution in [3.05, 3.63) is 66.2 Å². The molecule has 4 heterocycles. The Balaban J connectivity index is 1.45. The van der Waals surface area contributed by atoms with Crippen molar-refractivity contribution in [2.24, 2.45) is 7.05 Å². The number of fused-ring (bicyclic) bond motifs is 1. The molecule has 1 aromatic carbocycles. The van der Waals surface area contributed by atoms with Crippen LogP contribution in [0.25, 0.3) is 28.0 Å². The lowest BCUT2D eigenvalue weighted by molar-refractivity contribution is 0.102. The zero-order valence-electron chi connectivity index (χ0n) is 18.0. The van der Waals surface area contributed by atoms with Crippen molar-refractivity contribution in [2.75, 3.05) is 11.9 Å². The molecule has 2 N–H and O–H groups in total. The van der Waals surface area contributed by atoms with E-state index in [-0.39, 0.29) is 12.5 Å². The number of nitrogens with one attached hydrogen (secondary N) is 1. The van der Waals surface area contributed by atoms with E-state index in [1.54, 1.807) is 34.8 Å². The minimum atomic E-state index is -0.273. The molecule has 0 aliphatic carbocycles. The fourth-order valence-electron chi connectivity index (χ4n) is 3.56. The second kappa shape index (κ2) is 8.28. The molecule has 4 aromatic heterocycles. The van der Waals surface area contributed by atoms with Gasteiger partial charge in [0.15, 0.2) is 0 Å². The van der Waals surface area contributed by atoms with Gasteiger partial charge in [0.05, 0.1) is 43.7 Å². The summed E-state index contributed by atoms with van der Waals surface area (Å²) in [5, 5.41) is 32.8. The van der Waals surface area contributed by atoms with Gasteiger partial charge in [0, 0.05) is 29.2 Å². The van der Waals surface area contributed by atoms with E-state index in [0.717, 1.165) is 22.3 Å². The third kappa shape index (κ3) is 3.96. The number of amides is 1. The quantitative estimate of drug-likeness (QED) is 0.410. The smallest absolute Gasteiger partial charge is 0.259 e. The number of hydrogen-bond donors (Lipinski definition) is 2. The minimum absolute atomic E-state index is 0.0145. The fraction of sp³-hybridized carbons (Fsp3) is 0.182. The van der Waals surface area contributed by atoms with Crippen molar-refractivity contribution < 1.29 is 9.90 Å². The van der Waals surface area contributed by atoms with Gasteiger partial charge in [-0.3, -0.25) is 9.48 Å². The summed E-state index contributed by atoms with van der Waals surface area (Å²) in [5.41, 5.74) is 5.22. The first-order chi connectivity index (χ1) is 16.0. The van der Waals surface area contributed by atoms with Crippen LogP contribution in [-0.4, -0.2) is 57.2 Å². The van der Waals surface area contributed by atoms with Crippen molar-refractivity contribution in [3.63, 3.8) is 0 Å². The molecule has 0 atom stereocenters. The molecule has 0 bridgehead atoms. The Hall–Kier alpha value is -4.38. The highest BCUT2D eigenvalue weighted by molar-refractivity contribution is 6.09. The van der Waals surface area contributed by atoms with Gasteiger partial charge < -0.3 is 10.4 Å². The highest BCUT2D eigenvalue weighted by Gasteiger charge is 2.16. The van der Waals surface area contributed by atoms with Gasteiger partial charge >= 0.3 is 0 Å². The lowest BCUT2D eigenvalue weighted by atomic mass is 10.1. The molecule has 0 aliphatic heterocycles. The first-order valence-electron chi connectivity index (χ1n) is 10.3. The number of hydrogen-bond acceptors (Lipinski definition) is 7. The molecule has 11 heteroatoms. The largest absolute Gasteiger partial charge is 0.394 e. The number of carbonyl (C=O) groups is 1. The number of aliphatic hydroxyl groups excluding tert-OH is 1. The molecule has 1 amide bonds. The summed E-state index contributed by atoms with van der Waals surface area (Å²) in [5.74, 6) is 0.209. The average molecular weight is 443 g/mol. The second-order valence-corrected chi connectivity index (χ2v) is 7.61. The number of aromatic nitrogens is 8. The van der Waals surface area contributed by atoms with Crippen LogP contribution in [0.5, 0.6) is 0 Å². The molecule has 11 nitrogen and oxygen atoms in total.